The Balaban J connectivity index is 2.17. The van der Waals surface area contributed by atoms with E-state index in [1.165, 1.54) is 12.3 Å². The SMILES string of the molecule is Cc1ccc(NC(=O)c2ncccc2O)cc1. The second kappa shape index (κ2) is 4.65. The van der Waals surface area contributed by atoms with Crippen LogP contribution in [0.1, 0.15) is 16.1 Å². The van der Waals surface area contributed by atoms with Crippen LogP contribution in [0.15, 0.2) is 42.6 Å². The number of nitrogens with one attached hydrogen (secondary N) is 1. The van der Waals surface area contributed by atoms with E-state index in [1.807, 2.05) is 19.1 Å². The van der Waals surface area contributed by atoms with E-state index >= 15 is 0 Å². The number of hydrogen-bond donors (Lipinski definition) is 2. The summed E-state index contributed by atoms with van der Waals surface area (Å²) in [5.74, 6) is -0.552. The standard InChI is InChI=1S/C13H12N2O2/c1-9-4-6-10(7-5-9)15-13(17)12-11(16)3-2-8-14-12/h2-8,16H,1H3,(H,15,17). The van der Waals surface area contributed by atoms with Crippen molar-refractivity contribution in [1.29, 1.82) is 0 Å². The topological polar surface area (TPSA) is 62.2 Å². The van der Waals surface area contributed by atoms with Crippen LogP contribution in [-0.2, 0) is 0 Å². The quantitative estimate of drug-likeness (QED) is 0.829. The smallest absolute Gasteiger partial charge is 0.278 e. The molecule has 0 aliphatic heterocycles. The largest absolute Gasteiger partial charge is 0.505 e. The first-order valence-corrected chi connectivity index (χ1v) is 5.19. The summed E-state index contributed by atoms with van der Waals surface area (Å²) in [7, 11) is 0. The third-order valence-corrected chi connectivity index (χ3v) is 2.31. The fourth-order valence-corrected chi connectivity index (χ4v) is 1.40. The van der Waals surface area contributed by atoms with Crippen molar-refractivity contribution >= 4 is 11.6 Å². The van der Waals surface area contributed by atoms with Crippen LogP contribution in [0.5, 0.6) is 5.75 Å². The van der Waals surface area contributed by atoms with Crippen LogP contribution in [0.25, 0.3) is 0 Å². The van der Waals surface area contributed by atoms with E-state index in [2.05, 4.69) is 10.3 Å². The van der Waals surface area contributed by atoms with Crippen LogP contribution < -0.4 is 5.32 Å². The lowest BCUT2D eigenvalue weighted by molar-refractivity contribution is 0.101. The number of hydrogen-bond acceptors (Lipinski definition) is 3. The zero-order valence-electron chi connectivity index (χ0n) is 9.34. The lowest BCUT2D eigenvalue weighted by Gasteiger charge is -2.05. The van der Waals surface area contributed by atoms with Gasteiger partial charge in [-0.15, -0.1) is 0 Å². The predicted octanol–water partition coefficient (Wildman–Crippen LogP) is 2.35. The molecule has 1 heterocycles. The van der Waals surface area contributed by atoms with Crippen LogP contribution in [0.4, 0.5) is 5.69 Å². The molecule has 2 N–H and O–H groups in total. The number of benzene rings is 1. The molecule has 0 aliphatic rings. The monoisotopic (exact) mass is 228 g/mol. The van der Waals surface area contributed by atoms with E-state index in [-0.39, 0.29) is 11.4 Å². The molecule has 4 heteroatoms. The van der Waals surface area contributed by atoms with Crippen molar-refractivity contribution in [3.63, 3.8) is 0 Å². The fourth-order valence-electron chi connectivity index (χ4n) is 1.40. The normalized spacial score (nSPS) is 9.94. The van der Waals surface area contributed by atoms with Gasteiger partial charge in [0.05, 0.1) is 0 Å². The summed E-state index contributed by atoms with van der Waals surface area (Å²) in [5.41, 5.74) is 1.81. The Morgan fingerprint density at radius 1 is 1.24 bits per heavy atom. The van der Waals surface area contributed by atoms with Crippen molar-refractivity contribution in [2.45, 2.75) is 6.92 Å². The molecule has 1 amide bonds. The first kappa shape index (κ1) is 11.1. The molecular formula is C13H12N2O2. The molecule has 4 nitrogen and oxygen atoms in total. The molecule has 86 valence electrons. The molecule has 0 saturated heterocycles. The highest BCUT2D eigenvalue weighted by Gasteiger charge is 2.11. The third-order valence-electron chi connectivity index (χ3n) is 2.31. The Bertz CT molecular complexity index is 535. The maximum atomic E-state index is 11.8. The predicted molar refractivity (Wildman–Crippen MR) is 65.0 cm³/mol. The maximum Gasteiger partial charge on any atom is 0.278 e. The molecule has 2 aromatic rings. The van der Waals surface area contributed by atoms with Gasteiger partial charge in [0.15, 0.2) is 5.69 Å². The van der Waals surface area contributed by atoms with Gasteiger partial charge in [-0.3, -0.25) is 4.79 Å². The molecule has 0 unspecified atom stereocenters. The number of amides is 1. The lowest BCUT2D eigenvalue weighted by Crippen LogP contribution is -2.13. The zero-order chi connectivity index (χ0) is 12.3. The summed E-state index contributed by atoms with van der Waals surface area (Å²) in [6, 6.07) is 10.4. The van der Waals surface area contributed by atoms with E-state index in [4.69, 9.17) is 0 Å². The van der Waals surface area contributed by atoms with Gasteiger partial charge in [-0.2, -0.15) is 0 Å². The Kier molecular flexibility index (Phi) is 3.05. The Hall–Kier alpha value is -2.36. The summed E-state index contributed by atoms with van der Waals surface area (Å²) >= 11 is 0. The number of nitrogens with zero attached hydrogens (tertiary/aromatic N) is 1. The van der Waals surface area contributed by atoms with Crippen molar-refractivity contribution in [3.05, 3.63) is 53.9 Å². The number of aromatic hydroxyl groups is 1. The van der Waals surface area contributed by atoms with Crippen molar-refractivity contribution in [2.24, 2.45) is 0 Å². The Labute approximate surface area is 98.9 Å². The van der Waals surface area contributed by atoms with Gasteiger partial charge in [0.25, 0.3) is 5.91 Å². The van der Waals surface area contributed by atoms with Crippen LogP contribution in [-0.4, -0.2) is 16.0 Å². The first-order chi connectivity index (χ1) is 8.16. The highest BCUT2D eigenvalue weighted by atomic mass is 16.3. The fraction of sp³-hybridized carbons (Fsp3) is 0.0769. The minimum Gasteiger partial charge on any atom is -0.505 e. The molecule has 1 aromatic heterocycles. The minimum atomic E-state index is -0.424. The Morgan fingerprint density at radius 2 is 1.94 bits per heavy atom. The van der Waals surface area contributed by atoms with Crippen molar-refractivity contribution < 1.29 is 9.90 Å². The molecule has 0 spiro atoms. The van der Waals surface area contributed by atoms with Crippen LogP contribution in [0, 0.1) is 6.92 Å². The highest BCUT2D eigenvalue weighted by molar-refractivity contribution is 6.04. The maximum absolute atomic E-state index is 11.8. The van der Waals surface area contributed by atoms with E-state index in [0.717, 1.165) is 5.56 Å². The molecule has 0 aliphatic carbocycles. The van der Waals surface area contributed by atoms with Crippen molar-refractivity contribution in [3.8, 4) is 5.75 Å². The highest BCUT2D eigenvalue weighted by Crippen LogP contribution is 2.15. The van der Waals surface area contributed by atoms with Gasteiger partial charge in [-0.25, -0.2) is 4.98 Å². The first-order valence-electron chi connectivity index (χ1n) is 5.19. The number of carbonyl (C=O) groups is 1. The summed E-state index contributed by atoms with van der Waals surface area (Å²) in [6.45, 7) is 1.97. The summed E-state index contributed by atoms with van der Waals surface area (Å²) < 4.78 is 0. The second-order valence-corrected chi connectivity index (χ2v) is 3.69. The molecule has 0 atom stereocenters. The average molecular weight is 228 g/mol. The van der Waals surface area contributed by atoms with E-state index in [0.29, 0.717) is 5.69 Å². The van der Waals surface area contributed by atoms with Crippen LogP contribution in [0.2, 0.25) is 0 Å². The van der Waals surface area contributed by atoms with Crippen LogP contribution in [0.3, 0.4) is 0 Å². The number of aromatic nitrogens is 1. The molecule has 0 saturated carbocycles. The van der Waals surface area contributed by atoms with Gasteiger partial charge in [-0.05, 0) is 31.2 Å². The summed E-state index contributed by atoms with van der Waals surface area (Å²) in [6.07, 6.45) is 1.46. The molecule has 0 bridgehead atoms. The van der Waals surface area contributed by atoms with E-state index < -0.39 is 5.91 Å². The molecule has 17 heavy (non-hydrogen) atoms. The van der Waals surface area contributed by atoms with Crippen molar-refractivity contribution in [1.82, 2.24) is 4.98 Å². The third kappa shape index (κ3) is 2.60. The minimum absolute atomic E-state index is 0.0214. The van der Waals surface area contributed by atoms with Crippen LogP contribution >= 0.6 is 0 Å². The number of rotatable bonds is 2. The van der Waals surface area contributed by atoms with Gasteiger partial charge in [0.1, 0.15) is 5.75 Å². The zero-order valence-corrected chi connectivity index (χ0v) is 9.34. The second-order valence-electron chi connectivity index (χ2n) is 3.69. The molecule has 2 rings (SSSR count). The Morgan fingerprint density at radius 3 is 2.59 bits per heavy atom. The average Bonchev–Trinajstić information content (AvgIpc) is 2.32. The van der Waals surface area contributed by atoms with Gasteiger partial charge in [0, 0.05) is 11.9 Å². The van der Waals surface area contributed by atoms with Gasteiger partial charge >= 0.3 is 0 Å². The molecule has 1 aromatic carbocycles. The van der Waals surface area contributed by atoms with Crippen molar-refractivity contribution in [2.75, 3.05) is 5.32 Å². The molecular weight excluding hydrogens is 216 g/mol. The summed E-state index contributed by atoms with van der Waals surface area (Å²) in [5, 5.41) is 12.1. The van der Waals surface area contributed by atoms with Gasteiger partial charge < -0.3 is 10.4 Å². The molecule has 0 radical (unpaired) electrons. The van der Waals surface area contributed by atoms with Gasteiger partial charge in [0.2, 0.25) is 0 Å². The number of pyridine rings is 1. The van der Waals surface area contributed by atoms with E-state index in [9.17, 15) is 9.90 Å². The lowest BCUT2D eigenvalue weighted by atomic mass is 10.2. The number of aryl methyl sites for hydroxylation is 1. The van der Waals surface area contributed by atoms with Gasteiger partial charge in [-0.1, -0.05) is 17.7 Å². The number of carbonyl (C=O) groups excluding carboxylic acids is 1. The molecule has 0 fully saturated rings. The number of anilines is 1. The van der Waals surface area contributed by atoms with E-state index in [1.54, 1.807) is 18.2 Å². The summed E-state index contributed by atoms with van der Waals surface area (Å²) in [4.78, 5) is 15.6.